The summed E-state index contributed by atoms with van der Waals surface area (Å²) in [7, 11) is 0. The summed E-state index contributed by atoms with van der Waals surface area (Å²) >= 11 is 0. The molecule has 0 radical (unpaired) electrons. The fourth-order valence-electron chi connectivity index (χ4n) is 2.51. The molecule has 3 N–H and O–H groups in total. The zero-order valence-electron chi connectivity index (χ0n) is 12.2. The molecule has 2 amide bonds. The van der Waals surface area contributed by atoms with E-state index in [1.807, 2.05) is 19.9 Å². The lowest BCUT2D eigenvalue weighted by molar-refractivity contribution is -0.121. The monoisotopic (exact) mass is 289 g/mol. The van der Waals surface area contributed by atoms with Gasteiger partial charge in [-0.15, -0.1) is 0 Å². The van der Waals surface area contributed by atoms with Crippen LogP contribution in [0.1, 0.15) is 40.7 Å². The number of carbonyl (C=O) groups is 3. The van der Waals surface area contributed by atoms with E-state index in [1.165, 1.54) is 4.90 Å². The van der Waals surface area contributed by atoms with Crippen LogP contribution in [0, 0.1) is 13.8 Å². The molecular weight excluding hydrogens is 270 g/mol. The van der Waals surface area contributed by atoms with Crippen LogP contribution < -0.4 is 16.2 Å². The molecule has 1 aromatic carbocycles. The molecule has 0 atom stereocenters. The van der Waals surface area contributed by atoms with Crippen LogP contribution in [-0.4, -0.2) is 24.1 Å². The van der Waals surface area contributed by atoms with E-state index < -0.39 is 11.7 Å². The first-order chi connectivity index (χ1) is 9.97. The van der Waals surface area contributed by atoms with Crippen molar-refractivity contribution in [3.63, 3.8) is 0 Å². The average Bonchev–Trinajstić information content (AvgIpc) is 2.72. The zero-order valence-corrected chi connectivity index (χ0v) is 12.2. The molecule has 1 heterocycles. The molecule has 6 heteroatoms. The number of nitrogens with zero attached hydrogens (tertiary/aromatic N) is 1. The number of hydrazine groups is 1. The Balaban J connectivity index is 2.12. The van der Waals surface area contributed by atoms with Crippen LogP contribution in [0.3, 0.4) is 0 Å². The third-order valence-corrected chi connectivity index (χ3v) is 3.85. The van der Waals surface area contributed by atoms with Crippen LogP contribution >= 0.6 is 0 Å². The number of anilines is 1. The van der Waals surface area contributed by atoms with Gasteiger partial charge in [-0.3, -0.25) is 19.8 Å². The van der Waals surface area contributed by atoms with Crippen LogP contribution in [0.2, 0.25) is 0 Å². The largest absolute Gasteiger partial charge is 0.304 e. The van der Waals surface area contributed by atoms with Gasteiger partial charge in [0.2, 0.25) is 5.91 Å². The van der Waals surface area contributed by atoms with Gasteiger partial charge in [0, 0.05) is 13.0 Å². The highest BCUT2D eigenvalue weighted by Crippen LogP contribution is 2.34. The van der Waals surface area contributed by atoms with Crippen molar-refractivity contribution in [1.82, 2.24) is 5.43 Å². The standard InChI is InChI=1S/C15H19N3O3/c1-9-6-7-11-13(10(9)2)18(15(21)14(11)20)8-4-3-5-12(19)17-16/h6-7H,3-5,8,16H2,1-2H3,(H,17,19). The molecule has 112 valence electrons. The molecule has 0 aromatic heterocycles. The number of aryl methyl sites for hydroxylation is 1. The second-order valence-electron chi connectivity index (χ2n) is 5.21. The number of ketones is 1. The minimum absolute atomic E-state index is 0.230. The van der Waals surface area contributed by atoms with Gasteiger partial charge >= 0.3 is 0 Å². The maximum Gasteiger partial charge on any atom is 0.299 e. The smallest absolute Gasteiger partial charge is 0.299 e. The second kappa shape index (κ2) is 6.05. The van der Waals surface area contributed by atoms with Crippen LogP contribution in [0.15, 0.2) is 12.1 Å². The zero-order chi connectivity index (χ0) is 15.6. The van der Waals surface area contributed by atoms with E-state index in [-0.39, 0.29) is 5.91 Å². The van der Waals surface area contributed by atoms with Gasteiger partial charge in [-0.2, -0.15) is 0 Å². The number of Topliss-reactive ketones (excluding diaryl/α,β-unsaturated/α-hetero) is 1. The van der Waals surface area contributed by atoms with Gasteiger partial charge in [-0.1, -0.05) is 6.07 Å². The Hall–Kier alpha value is -2.21. The fraction of sp³-hybridized carbons (Fsp3) is 0.400. The summed E-state index contributed by atoms with van der Waals surface area (Å²) < 4.78 is 0. The van der Waals surface area contributed by atoms with Crippen molar-refractivity contribution >= 4 is 23.3 Å². The Morgan fingerprint density at radius 1 is 1.24 bits per heavy atom. The van der Waals surface area contributed by atoms with Gasteiger partial charge in [-0.25, -0.2) is 5.84 Å². The molecule has 1 aliphatic rings. The normalized spacial score (nSPS) is 13.6. The van der Waals surface area contributed by atoms with Crippen molar-refractivity contribution in [2.45, 2.75) is 33.1 Å². The SMILES string of the molecule is Cc1ccc2c(c1C)N(CCCCC(=O)NN)C(=O)C2=O. The van der Waals surface area contributed by atoms with Crippen LogP contribution in [0.25, 0.3) is 0 Å². The lowest BCUT2D eigenvalue weighted by atomic mass is 10.0. The average molecular weight is 289 g/mol. The highest BCUT2D eigenvalue weighted by atomic mass is 16.2. The fourth-order valence-corrected chi connectivity index (χ4v) is 2.51. The molecule has 21 heavy (non-hydrogen) atoms. The number of amides is 2. The third kappa shape index (κ3) is 2.80. The number of hydrogen-bond acceptors (Lipinski definition) is 4. The number of hydrogen-bond donors (Lipinski definition) is 2. The van der Waals surface area contributed by atoms with Gasteiger partial charge < -0.3 is 4.90 Å². The number of benzene rings is 1. The lowest BCUT2D eigenvalue weighted by Crippen LogP contribution is -2.32. The van der Waals surface area contributed by atoms with Gasteiger partial charge in [0.15, 0.2) is 0 Å². The Labute approximate surface area is 123 Å². The van der Waals surface area contributed by atoms with E-state index in [9.17, 15) is 14.4 Å². The van der Waals surface area contributed by atoms with E-state index in [0.717, 1.165) is 11.1 Å². The van der Waals surface area contributed by atoms with Crippen molar-refractivity contribution in [2.75, 3.05) is 11.4 Å². The number of carbonyl (C=O) groups excluding carboxylic acids is 3. The molecular formula is C15H19N3O3. The topological polar surface area (TPSA) is 92.5 Å². The molecule has 6 nitrogen and oxygen atoms in total. The van der Waals surface area contributed by atoms with Crippen molar-refractivity contribution in [1.29, 1.82) is 0 Å². The minimum atomic E-state index is -0.484. The van der Waals surface area contributed by atoms with E-state index in [2.05, 4.69) is 5.43 Å². The lowest BCUT2D eigenvalue weighted by Gasteiger charge is -2.19. The summed E-state index contributed by atoms with van der Waals surface area (Å²) in [6, 6.07) is 3.56. The van der Waals surface area contributed by atoms with E-state index >= 15 is 0 Å². The van der Waals surface area contributed by atoms with E-state index in [1.54, 1.807) is 6.07 Å². The first-order valence-electron chi connectivity index (χ1n) is 6.93. The van der Waals surface area contributed by atoms with Crippen molar-refractivity contribution in [2.24, 2.45) is 5.84 Å². The van der Waals surface area contributed by atoms with Crippen LogP contribution in [0.4, 0.5) is 5.69 Å². The van der Waals surface area contributed by atoms with Gasteiger partial charge in [-0.05, 0) is 43.9 Å². The van der Waals surface area contributed by atoms with Crippen molar-refractivity contribution in [3.8, 4) is 0 Å². The Bertz CT molecular complexity index is 610. The molecule has 0 fully saturated rings. The predicted octanol–water partition coefficient (Wildman–Crippen LogP) is 0.993. The first kappa shape index (κ1) is 15.2. The van der Waals surface area contributed by atoms with Crippen LogP contribution in [-0.2, 0) is 9.59 Å². The van der Waals surface area contributed by atoms with Gasteiger partial charge in [0.1, 0.15) is 0 Å². The molecule has 0 bridgehead atoms. The molecule has 0 saturated carbocycles. The number of fused-ring (bicyclic) bond motifs is 1. The number of nitrogens with one attached hydrogen (secondary N) is 1. The van der Waals surface area contributed by atoms with E-state index in [4.69, 9.17) is 5.84 Å². The minimum Gasteiger partial charge on any atom is -0.304 e. The second-order valence-corrected chi connectivity index (χ2v) is 5.21. The summed E-state index contributed by atoms with van der Waals surface area (Å²) in [4.78, 5) is 36.7. The Kier molecular flexibility index (Phi) is 4.37. The molecule has 0 saturated heterocycles. The first-order valence-corrected chi connectivity index (χ1v) is 6.93. The highest BCUT2D eigenvalue weighted by Gasteiger charge is 2.36. The molecule has 0 unspecified atom stereocenters. The van der Waals surface area contributed by atoms with Gasteiger partial charge in [0.05, 0.1) is 11.3 Å². The number of nitrogens with two attached hydrogens (primary N) is 1. The summed E-state index contributed by atoms with van der Waals surface area (Å²) in [6.45, 7) is 4.29. The number of rotatable bonds is 5. The molecule has 0 aliphatic carbocycles. The Morgan fingerprint density at radius 3 is 2.62 bits per heavy atom. The summed E-state index contributed by atoms with van der Waals surface area (Å²) in [5, 5.41) is 0. The summed E-state index contributed by atoms with van der Waals surface area (Å²) in [6.07, 6.45) is 1.56. The molecule has 2 rings (SSSR count). The molecule has 1 aliphatic heterocycles. The maximum absolute atomic E-state index is 12.1. The maximum atomic E-state index is 12.1. The Morgan fingerprint density at radius 2 is 1.95 bits per heavy atom. The number of unbranched alkanes of at least 4 members (excludes halogenated alkanes) is 1. The highest BCUT2D eigenvalue weighted by molar-refractivity contribution is 6.52. The summed E-state index contributed by atoms with van der Waals surface area (Å²) in [5.41, 5.74) is 5.25. The van der Waals surface area contributed by atoms with Crippen LogP contribution in [0.5, 0.6) is 0 Å². The molecule has 0 spiro atoms. The van der Waals surface area contributed by atoms with E-state index in [0.29, 0.717) is 37.1 Å². The quantitative estimate of drug-likeness (QED) is 0.278. The summed E-state index contributed by atoms with van der Waals surface area (Å²) in [5.74, 6) is 3.84. The molecule has 1 aromatic rings. The van der Waals surface area contributed by atoms with Gasteiger partial charge in [0.25, 0.3) is 11.7 Å². The predicted molar refractivity (Wildman–Crippen MR) is 78.8 cm³/mol. The van der Waals surface area contributed by atoms with Crippen molar-refractivity contribution in [3.05, 3.63) is 28.8 Å². The van der Waals surface area contributed by atoms with Crippen molar-refractivity contribution < 1.29 is 14.4 Å². The third-order valence-electron chi connectivity index (χ3n) is 3.85.